The quantitative estimate of drug-likeness (QED) is 0.740. The molecule has 1 rings (SSSR count). The van der Waals surface area contributed by atoms with Crippen molar-refractivity contribution in [2.75, 3.05) is 5.88 Å². The lowest BCUT2D eigenvalue weighted by Gasteiger charge is -2.13. The minimum atomic E-state index is -3.54. The van der Waals surface area contributed by atoms with Gasteiger partial charge in [-0.2, -0.15) is 8.78 Å². The second-order valence-electron chi connectivity index (χ2n) is 2.64. The highest BCUT2D eigenvalue weighted by atomic mass is 35.5. The molecule has 76 valence electrons. The third-order valence-electron chi connectivity index (χ3n) is 1.68. The molecule has 0 saturated carbocycles. The first-order valence-electron chi connectivity index (χ1n) is 3.71. The van der Waals surface area contributed by atoms with Gasteiger partial charge in [0.05, 0.1) is 5.88 Å². The Kier molecular flexibility index (Phi) is 3.45. The summed E-state index contributed by atoms with van der Waals surface area (Å²) in [5.41, 5.74) is -0.396. The van der Waals surface area contributed by atoms with E-state index in [1.165, 1.54) is 12.1 Å². The van der Waals surface area contributed by atoms with Gasteiger partial charge in [-0.05, 0) is 12.1 Å². The van der Waals surface area contributed by atoms with Gasteiger partial charge in [0.25, 0.3) is 0 Å². The summed E-state index contributed by atoms with van der Waals surface area (Å²) >= 11 is 10.6. The van der Waals surface area contributed by atoms with Crippen molar-refractivity contribution in [3.8, 4) is 0 Å². The van der Waals surface area contributed by atoms with Crippen LogP contribution in [0.4, 0.5) is 8.78 Å². The maximum Gasteiger partial charge on any atom is 0.331 e. The van der Waals surface area contributed by atoms with Gasteiger partial charge in [-0.25, -0.2) is 0 Å². The van der Waals surface area contributed by atoms with Crippen molar-refractivity contribution >= 4 is 29.0 Å². The van der Waals surface area contributed by atoms with Crippen LogP contribution in [0.1, 0.15) is 5.56 Å². The third kappa shape index (κ3) is 2.22. The van der Waals surface area contributed by atoms with Crippen LogP contribution in [0.15, 0.2) is 24.3 Å². The predicted octanol–water partition coefficient (Wildman–Crippen LogP) is 3.24. The highest BCUT2D eigenvalue weighted by Gasteiger charge is 2.39. The number of halogens is 4. The molecule has 0 atom stereocenters. The van der Waals surface area contributed by atoms with Crippen LogP contribution in [0.5, 0.6) is 0 Å². The van der Waals surface area contributed by atoms with Crippen LogP contribution in [-0.4, -0.2) is 11.7 Å². The van der Waals surface area contributed by atoms with Crippen molar-refractivity contribution in [1.82, 2.24) is 0 Å². The van der Waals surface area contributed by atoms with E-state index >= 15 is 0 Å². The van der Waals surface area contributed by atoms with Crippen LogP contribution in [0.2, 0.25) is 5.02 Å². The van der Waals surface area contributed by atoms with Gasteiger partial charge in [-0.3, -0.25) is 4.79 Å². The number of carbonyl (C=O) groups is 1. The van der Waals surface area contributed by atoms with Gasteiger partial charge in [0.2, 0.25) is 5.78 Å². The SMILES string of the molecule is O=C(CCl)C(F)(F)c1ccc(Cl)cc1. The number of hydrogen-bond acceptors (Lipinski definition) is 1. The number of rotatable bonds is 3. The van der Waals surface area contributed by atoms with E-state index in [9.17, 15) is 13.6 Å². The number of alkyl halides is 3. The van der Waals surface area contributed by atoms with E-state index in [0.717, 1.165) is 12.1 Å². The van der Waals surface area contributed by atoms with Crippen LogP contribution in [0.25, 0.3) is 0 Å². The molecule has 0 heterocycles. The highest BCUT2D eigenvalue weighted by Crippen LogP contribution is 2.30. The van der Waals surface area contributed by atoms with Crippen molar-refractivity contribution in [3.05, 3.63) is 34.9 Å². The average Bonchev–Trinajstić information content (AvgIpc) is 2.17. The fraction of sp³-hybridized carbons (Fsp3) is 0.222. The number of ketones is 1. The smallest absolute Gasteiger partial charge is 0.291 e. The summed E-state index contributed by atoms with van der Waals surface area (Å²) in [6, 6.07) is 4.80. The molecule has 0 aromatic heterocycles. The fourth-order valence-electron chi connectivity index (χ4n) is 0.904. The molecular weight excluding hydrogens is 233 g/mol. The van der Waals surface area contributed by atoms with Gasteiger partial charge in [0, 0.05) is 10.6 Å². The van der Waals surface area contributed by atoms with E-state index in [2.05, 4.69) is 0 Å². The zero-order valence-electron chi connectivity index (χ0n) is 6.94. The molecule has 0 aliphatic rings. The Labute approximate surface area is 89.6 Å². The normalized spacial score (nSPS) is 11.4. The molecule has 1 nitrogen and oxygen atoms in total. The Bertz CT molecular complexity index is 335. The summed E-state index contributed by atoms with van der Waals surface area (Å²) < 4.78 is 26.4. The molecule has 0 bridgehead atoms. The van der Waals surface area contributed by atoms with Gasteiger partial charge in [0.15, 0.2) is 0 Å². The van der Waals surface area contributed by atoms with E-state index in [1.807, 2.05) is 0 Å². The molecule has 0 aliphatic heterocycles. The fourth-order valence-corrected chi connectivity index (χ4v) is 1.20. The lowest BCUT2D eigenvalue weighted by atomic mass is 10.1. The summed E-state index contributed by atoms with van der Waals surface area (Å²) in [5, 5.41) is 0.336. The van der Waals surface area contributed by atoms with Crippen molar-refractivity contribution in [2.45, 2.75) is 5.92 Å². The zero-order valence-corrected chi connectivity index (χ0v) is 8.45. The maximum absolute atomic E-state index is 13.2. The molecule has 5 heteroatoms. The molecule has 0 unspecified atom stereocenters. The Morgan fingerprint density at radius 3 is 2.21 bits per heavy atom. The summed E-state index contributed by atoms with van der Waals surface area (Å²) in [6.07, 6.45) is 0. The van der Waals surface area contributed by atoms with E-state index in [1.54, 1.807) is 0 Å². The third-order valence-corrected chi connectivity index (χ3v) is 2.17. The van der Waals surface area contributed by atoms with Crippen LogP contribution in [-0.2, 0) is 10.7 Å². The van der Waals surface area contributed by atoms with Crippen LogP contribution < -0.4 is 0 Å². The van der Waals surface area contributed by atoms with Gasteiger partial charge >= 0.3 is 5.92 Å². The van der Waals surface area contributed by atoms with Crippen LogP contribution >= 0.6 is 23.2 Å². The minimum Gasteiger partial charge on any atom is -0.291 e. The highest BCUT2D eigenvalue weighted by molar-refractivity contribution is 6.30. The summed E-state index contributed by atoms with van der Waals surface area (Å²) in [6.45, 7) is 0. The number of Topliss-reactive ketones (excluding diaryl/α,β-unsaturated/α-hetero) is 1. The lowest BCUT2D eigenvalue weighted by Crippen LogP contribution is -2.26. The molecule has 0 amide bonds. The summed E-state index contributed by atoms with van der Waals surface area (Å²) in [4.78, 5) is 10.8. The van der Waals surface area contributed by atoms with Gasteiger partial charge in [0.1, 0.15) is 0 Å². The van der Waals surface area contributed by atoms with Gasteiger partial charge < -0.3 is 0 Å². The van der Waals surface area contributed by atoms with Crippen molar-refractivity contribution in [3.63, 3.8) is 0 Å². The largest absolute Gasteiger partial charge is 0.331 e. The van der Waals surface area contributed by atoms with Gasteiger partial charge in [-0.15, -0.1) is 11.6 Å². The number of carbonyl (C=O) groups excluding carboxylic acids is 1. The molecule has 1 aromatic rings. The molecule has 0 aliphatic carbocycles. The molecular formula is C9H6Cl2F2O. The van der Waals surface area contributed by atoms with E-state index in [0.29, 0.717) is 5.02 Å². The first kappa shape index (κ1) is 11.4. The summed E-state index contributed by atoms with van der Waals surface area (Å²) in [5.74, 6) is -5.57. The van der Waals surface area contributed by atoms with E-state index in [4.69, 9.17) is 23.2 Å². The van der Waals surface area contributed by atoms with Gasteiger partial charge in [-0.1, -0.05) is 23.7 Å². The van der Waals surface area contributed by atoms with E-state index < -0.39 is 23.1 Å². The molecule has 0 N–H and O–H groups in total. The predicted molar refractivity (Wildman–Crippen MR) is 51.1 cm³/mol. The minimum absolute atomic E-state index is 0.336. The van der Waals surface area contributed by atoms with Crippen LogP contribution in [0.3, 0.4) is 0 Å². The first-order valence-corrected chi connectivity index (χ1v) is 4.63. The Hall–Kier alpha value is -0.670. The molecule has 14 heavy (non-hydrogen) atoms. The summed E-state index contributed by atoms with van der Waals surface area (Å²) in [7, 11) is 0. The number of benzene rings is 1. The lowest BCUT2D eigenvalue weighted by molar-refractivity contribution is -0.141. The second-order valence-corrected chi connectivity index (χ2v) is 3.34. The average molecular weight is 239 g/mol. The molecule has 0 fully saturated rings. The van der Waals surface area contributed by atoms with E-state index in [-0.39, 0.29) is 0 Å². The molecule has 0 saturated heterocycles. The van der Waals surface area contributed by atoms with Crippen molar-refractivity contribution in [1.29, 1.82) is 0 Å². The Morgan fingerprint density at radius 2 is 1.79 bits per heavy atom. The second kappa shape index (κ2) is 4.24. The van der Waals surface area contributed by atoms with Crippen molar-refractivity contribution < 1.29 is 13.6 Å². The maximum atomic E-state index is 13.2. The molecule has 0 spiro atoms. The zero-order chi connectivity index (χ0) is 10.8. The number of hydrogen-bond donors (Lipinski definition) is 0. The Balaban J connectivity index is 3.03. The molecule has 1 aromatic carbocycles. The van der Waals surface area contributed by atoms with Crippen molar-refractivity contribution in [2.24, 2.45) is 0 Å². The standard InChI is InChI=1S/C9H6Cl2F2O/c10-5-8(14)9(12,13)6-1-3-7(11)4-2-6/h1-4H,5H2. The topological polar surface area (TPSA) is 17.1 Å². The first-order chi connectivity index (χ1) is 6.48. The Morgan fingerprint density at radius 1 is 1.29 bits per heavy atom. The monoisotopic (exact) mass is 238 g/mol. The van der Waals surface area contributed by atoms with Crippen LogP contribution in [0, 0.1) is 0 Å². The molecule has 0 radical (unpaired) electrons.